The van der Waals surface area contributed by atoms with Crippen LogP contribution in [0.15, 0.2) is 48.5 Å². The Balaban J connectivity index is 1.86. The van der Waals surface area contributed by atoms with E-state index in [-0.39, 0.29) is 28.1 Å². The van der Waals surface area contributed by atoms with Crippen molar-refractivity contribution in [3.05, 3.63) is 74.8 Å². The highest BCUT2D eigenvalue weighted by atomic mass is 35.5. The molecule has 1 amide bonds. The summed E-state index contributed by atoms with van der Waals surface area (Å²) in [7, 11) is 0. The highest BCUT2D eigenvalue weighted by Gasteiger charge is 2.26. The van der Waals surface area contributed by atoms with Crippen LogP contribution in [0.3, 0.4) is 0 Å². The van der Waals surface area contributed by atoms with Crippen LogP contribution in [0.1, 0.15) is 41.1 Å². The van der Waals surface area contributed by atoms with Gasteiger partial charge in [-0.3, -0.25) is 14.9 Å². The number of non-ortho nitro benzene ring substituents is 1. The van der Waals surface area contributed by atoms with Gasteiger partial charge in [-0.2, -0.15) is 0 Å². The lowest BCUT2D eigenvalue weighted by molar-refractivity contribution is -0.384. The number of hydrogen-bond donors (Lipinski definition) is 0. The molecule has 25 heavy (non-hydrogen) atoms. The Kier molecular flexibility index (Phi) is 5.34. The summed E-state index contributed by atoms with van der Waals surface area (Å²) in [6.45, 7) is 1.24. The Bertz CT molecular complexity index is 779. The zero-order valence-electron chi connectivity index (χ0n) is 13.7. The molecule has 1 unspecified atom stereocenters. The zero-order chi connectivity index (χ0) is 17.8. The Morgan fingerprint density at radius 1 is 1.16 bits per heavy atom. The van der Waals surface area contributed by atoms with Gasteiger partial charge in [0.2, 0.25) is 0 Å². The third-order valence-electron chi connectivity index (χ3n) is 4.62. The molecule has 130 valence electrons. The Hall–Kier alpha value is -2.40. The van der Waals surface area contributed by atoms with Crippen molar-refractivity contribution in [2.45, 2.75) is 25.2 Å². The summed E-state index contributed by atoms with van der Waals surface area (Å²) in [6, 6.07) is 14.2. The van der Waals surface area contributed by atoms with E-state index in [0.29, 0.717) is 13.1 Å². The van der Waals surface area contributed by atoms with Crippen LogP contribution in [0.2, 0.25) is 5.02 Å². The van der Waals surface area contributed by atoms with Crippen molar-refractivity contribution >= 4 is 23.2 Å². The summed E-state index contributed by atoms with van der Waals surface area (Å²) in [5, 5.41) is 11.2. The maximum Gasteiger partial charge on any atom is 0.270 e. The van der Waals surface area contributed by atoms with Gasteiger partial charge in [0.1, 0.15) is 0 Å². The van der Waals surface area contributed by atoms with E-state index < -0.39 is 4.92 Å². The summed E-state index contributed by atoms with van der Waals surface area (Å²) in [4.78, 5) is 25.2. The average molecular weight is 359 g/mol. The van der Waals surface area contributed by atoms with Crippen molar-refractivity contribution in [2.75, 3.05) is 13.1 Å². The van der Waals surface area contributed by atoms with E-state index in [1.165, 1.54) is 23.8 Å². The summed E-state index contributed by atoms with van der Waals surface area (Å²) in [5.41, 5.74) is 1.29. The number of likely N-dealkylation sites (tertiary alicyclic amines) is 1. The second kappa shape index (κ2) is 7.66. The number of amides is 1. The topological polar surface area (TPSA) is 63.4 Å². The van der Waals surface area contributed by atoms with Gasteiger partial charge in [0.25, 0.3) is 11.6 Å². The van der Waals surface area contributed by atoms with Gasteiger partial charge < -0.3 is 4.90 Å². The second-order valence-electron chi connectivity index (χ2n) is 6.28. The average Bonchev–Trinajstić information content (AvgIpc) is 2.88. The van der Waals surface area contributed by atoms with Gasteiger partial charge in [-0.1, -0.05) is 48.4 Å². The van der Waals surface area contributed by atoms with Crippen molar-refractivity contribution in [3.63, 3.8) is 0 Å². The Labute approximate surface area is 151 Å². The maximum atomic E-state index is 12.9. The lowest BCUT2D eigenvalue weighted by Gasteiger charge is -2.25. The zero-order valence-corrected chi connectivity index (χ0v) is 14.5. The third-order valence-corrected chi connectivity index (χ3v) is 4.95. The number of benzene rings is 2. The molecule has 5 nitrogen and oxygen atoms in total. The van der Waals surface area contributed by atoms with Crippen molar-refractivity contribution in [2.24, 2.45) is 0 Å². The van der Waals surface area contributed by atoms with Crippen LogP contribution in [0.25, 0.3) is 0 Å². The first kappa shape index (κ1) is 17.4. The molecule has 1 fully saturated rings. The minimum absolute atomic E-state index is 0.123. The third kappa shape index (κ3) is 3.99. The van der Waals surface area contributed by atoms with E-state index in [1.54, 1.807) is 4.90 Å². The first-order chi connectivity index (χ1) is 12.1. The first-order valence-corrected chi connectivity index (χ1v) is 8.72. The van der Waals surface area contributed by atoms with Gasteiger partial charge in [0, 0.05) is 31.1 Å². The smallest absolute Gasteiger partial charge is 0.270 e. The molecule has 0 N–H and O–H groups in total. The van der Waals surface area contributed by atoms with Crippen LogP contribution in [-0.2, 0) is 0 Å². The fraction of sp³-hybridized carbons (Fsp3) is 0.316. The molecule has 1 heterocycles. The number of nitrogens with zero attached hydrogens (tertiary/aromatic N) is 2. The molecular weight excluding hydrogens is 340 g/mol. The lowest BCUT2D eigenvalue weighted by atomic mass is 9.94. The van der Waals surface area contributed by atoms with Crippen LogP contribution in [0.5, 0.6) is 0 Å². The molecule has 1 aliphatic heterocycles. The number of hydrogen-bond acceptors (Lipinski definition) is 3. The fourth-order valence-corrected chi connectivity index (χ4v) is 3.48. The molecule has 1 aliphatic rings. The van der Waals surface area contributed by atoms with E-state index in [2.05, 4.69) is 12.1 Å². The van der Waals surface area contributed by atoms with Crippen molar-refractivity contribution < 1.29 is 9.72 Å². The summed E-state index contributed by atoms with van der Waals surface area (Å²) >= 11 is 6.14. The summed E-state index contributed by atoms with van der Waals surface area (Å²) in [6.07, 6.45) is 2.99. The molecule has 0 aromatic heterocycles. The molecular formula is C19H19ClN2O3. The van der Waals surface area contributed by atoms with Gasteiger partial charge in [0.15, 0.2) is 0 Å². The number of rotatable bonds is 3. The molecule has 2 aromatic rings. The van der Waals surface area contributed by atoms with E-state index in [0.717, 1.165) is 19.3 Å². The minimum atomic E-state index is -0.512. The second-order valence-corrected chi connectivity index (χ2v) is 6.68. The number of nitro groups is 1. The molecule has 0 saturated carbocycles. The van der Waals surface area contributed by atoms with Gasteiger partial charge in [-0.25, -0.2) is 0 Å². The van der Waals surface area contributed by atoms with E-state index in [4.69, 9.17) is 11.6 Å². The SMILES string of the molecule is O=C(c1cc([N+](=O)[O-])ccc1Cl)N1CCCCC(c2ccccc2)C1. The first-order valence-electron chi connectivity index (χ1n) is 8.34. The van der Waals surface area contributed by atoms with E-state index >= 15 is 0 Å². The monoisotopic (exact) mass is 358 g/mol. The van der Waals surface area contributed by atoms with E-state index in [1.807, 2.05) is 18.2 Å². The maximum absolute atomic E-state index is 12.9. The molecule has 0 aliphatic carbocycles. The van der Waals surface area contributed by atoms with Gasteiger partial charge in [-0.15, -0.1) is 0 Å². The number of halogens is 1. The largest absolute Gasteiger partial charge is 0.338 e. The summed E-state index contributed by atoms with van der Waals surface area (Å²) < 4.78 is 0. The number of carbonyl (C=O) groups is 1. The van der Waals surface area contributed by atoms with Crippen LogP contribution in [0, 0.1) is 10.1 Å². The Morgan fingerprint density at radius 2 is 1.92 bits per heavy atom. The predicted molar refractivity (Wildman–Crippen MR) is 97.0 cm³/mol. The molecule has 0 bridgehead atoms. The Morgan fingerprint density at radius 3 is 2.64 bits per heavy atom. The predicted octanol–water partition coefficient (Wildman–Crippen LogP) is 4.66. The van der Waals surface area contributed by atoms with Crippen molar-refractivity contribution in [3.8, 4) is 0 Å². The van der Waals surface area contributed by atoms with Crippen molar-refractivity contribution in [1.82, 2.24) is 4.90 Å². The van der Waals surface area contributed by atoms with Gasteiger partial charge >= 0.3 is 0 Å². The highest BCUT2D eigenvalue weighted by molar-refractivity contribution is 6.33. The van der Waals surface area contributed by atoms with Crippen LogP contribution in [-0.4, -0.2) is 28.8 Å². The molecule has 6 heteroatoms. The number of nitro benzene ring substituents is 1. The summed E-state index contributed by atoms with van der Waals surface area (Å²) in [5.74, 6) is 0.0293. The molecule has 3 rings (SSSR count). The molecule has 1 saturated heterocycles. The van der Waals surface area contributed by atoms with Crippen LogP contribution < -0.4 is 0 Å². The lowest BCUT2D eigenvalue weighted by Crippen LogP contribution is -2.34. The van der Waals surface area contributed by atoms with Crippen molar-refractivity contribution in [1.29, 1.82) is 0 Å². The van der Waals surface area contributed by atoms with E-state index in [9.17, 15) is 14.9 Å². The quantitative estimate of drug-likeness (QED) is 0.592. The van der Waals surface area contributed by atoms with Gasteiger partial charge in [-0.05, 0) is 24.5 Å². The standard InChI is InChI=1S/C19H19ClN2O3/c20-18-10-9-16(22(24)25)12-17(18)19(23)21-11-5-4-8-15(13-21)14-6-2-1-3-7-14/h1-3,6-7,9-10,12,15H,4-5,8,11,13H2. The molecule has 1 atom stereocenters. The molecule has 2 aromatic carbocycles. The minimum Gasteiger partial charge on any atom is -0.338 e. The highest BCUT2D eigenvalue weighted by Crippen LogP contribution is 2.29. The molecule has 0 radical (unpaired) electrons. The number of carbonyl (C=O) groups excluding carboxylic acids is 1. The van der Waals surface area contributed by atoms with Crippen LogP contribution >= 0.6 is 11.6 Å². The fourth-order valence-electron chi connectivity index (χ4n) is 3.28. The molecule has 0 spiro atoms. The normalized spacial score (nSPS) is 17.8. The van der Waals surface area contributed by atoms with Gasteiger partial charge in [0.05, 0.1) is 15.5 Å². The van der Waals surface area contributed by atoms with Crippen LogP contribution in [0.4, 0.5) is 5.69 Å².